The maximum Gasteiger partial charge on any atom is 0.208 e. The van der Waals surface area contributed by atoms with Crippen molar-refractivity contribution in [2.24, 2.45) is 7.05 Å². The number of aromatic nitrogens is 5. The Hall–Kier alpha value is -2.79. The van der Waals surface area contributed by atoms with Gasteiger partial charge in [0, 0.05) is 13.0 Å². The molecule has 0 unspecified atom stereocenters. The zero-order valence-electron chi connectivity index (χ0n) is 14.2. The fourth-order valence-corrected chi connectivity index (χ4v) is 3.08. The zero-order chi connectivity index (χ0) is 18.0. The molecule has 0 fully saturated rings. The summed E-state index contributed by atoms with van der Waals surface area (Å²) in [5.74, 6) is 1.64. The maximum absolute atomic E-state index is 10.4. The van der Waals surface area contributed by atoms with Gasteiger partial charge in [-0.15, -0.1) is 5.10 Å². The monoisotopic (exact) mass is 354 g/mol. The Bertz CT molecular complexity index is 979. The molecule has 0 spiro atoms. The van der Waals surface area contributed by atoms with Crippen LogP contribution in [0.3, 0.4) is 0 Å². The van der Waals surface area contributed by atoms with Crippen molar-refractivity contribution in [3.63, 3.8) is 0 Å². The highest BCUT2D eigenvalue weighted by molar-refractivity contribution is 7.99. The third kappa shape index (κ3) is 3.37. The average molecular weight is 354 g/mol. The minimum absolute atomic E-state index is 0.0400. The Morgan fingerprint density at radius 1 is 1.36 bits per heavy atom. The lowest BCUT2D eigenvalue weighted by atomic mass is 10.2. The number of aliphatic hydroxyl groups is 1. The quantitative estimate of drug-likeness (QED) is 0.413. The fraction of sp³-hybridized carbons (Fsp3) is 0.294. The third-order valence-corrected chi connectivity index (χ3v) is 4.64. The van der Waals surface area contributed by atoms with Crippen LogP contribution < -0.4 is 0 Å². The second-order valence-corrected chi connectivity index (χ2v) is 6.81. The van der Waals surface area contributed by atoms with E-state index in [1.54, 1.807) is 4.57 Å². The molecule has 0 saturated heterocycles. The summed E-state index contributed by atoms with van der Waals surface area (Å²) in [6.07, 6.45) is 0. The largest absolute Gasteiger partial charge is 0.510 e. The van der Waals surface area contributed by atoms with Gasteiger partial charge < -0.3 is 9.67 Å². The molecule has 0 radical (unpaired) electrons. The predicted molar refractivity (Wildman–Crippen MR) is 97.1 cm³/mol. The molecule has 7 nitrogen and oxygen atoms in total. The number of aromatic amines is 1. The van der Waals surface area contributed by atoms with E-state index < -0.39 is 0 Å². The molecule has 3 aromatic rings. The molecule has 0 aliphatic heterocycles. The molecule has 2 heterocycles. The smallest absolute Gasteiger partial charge is 0.208 e. The zero-order valence-corrected chi connectivity index (χ0v) is 15.0. The topological polar surface area (TPSA) is 103 Å². The van der Waals surface area contributed by atoms with Crippen LogP contribution in [0.5, 0.6) is 0 Å². The molecule has 0 amide bonds. The predicted octanol–water partition coefficient (Wildman–Crippen LogP) is 3.40. The first kappa shape index (κ1) is 17.0. The van der Waals surface area contributed by atoms with Crippen LogP contribution in [0.25, 0.3) is 16.6 Å². The summed E-state index contributed by atoms with van der Waals surface area (Å²) in [5, 5.41) is 27.4. The summed E-state index contributed by atoms with van der Waals surface area (Å²) in [6.45, 7) is 4.04. The number of imidazole rings is 1. The van der Waals surface area contributed by atoms with E-state index in [-0.39, 0.29) is 23.0 Å². The van der Waals surface area contributed by atoms with Gasteiger partial charge in [-0.3, -0.25) is 5.10 Å². The number of thioether (sulfide) groups is 1. The summed E-state index contributed by atoms with van der Waals surface area (Å²) in [5.41, 5.74) is 1.84. The van der Waals surface area contributed by atoms with E-state index in [4.69, 9.17) is 0 Å². The van der Waals surface area contributed by atoms with E-state index in [1.807, 2.05) is 45.2 Å². The van der Waals surface area contributed by atoms with E-state index in [2.05, 4.69) is 26.2 Å². The second-order valence-electron chi connectivity index (χ2n) is 5.86. The fourth-order valence-electron chi connectivity index (χ4n) is 2.40. The lowest BCUT2D eigenvalue weighted by Gasteiger charge is -2.04. The van der Waals surface area contributed by atoms with Crippen molar-refractivity contribution in [1.82, 2.24) is 24.7 Å². The van der Waals surface area contributed by atoms with Crippen molar-refractivity contribution in [3.05, 3.63) is 41.7 Å². The van der Waals surface area contributed by atoms with E-state index in [9.17, 15) is 10.4 Å². The van der Waals surface area contributed by atoms with Crippen molar-refractivity contribution in [2.45, 2.75) is 24.9 Å². The van der Waals surface area contributed by atoms with E-state index in [1.165, 1.54) is 11.8 Å². The lowest BCUT2D eigenvalue weighted by Crippen LogP contribution is -2.01. The normalized spacial score (nSPS) is 12.4. The average Bonchev–Trinajstić information content (AvgIpc) is 3.20. The SMILES string of the molecule is CC(C)c1nc(SCC(O)=C(C#N)c2nc3ccccc3n2C)n[nH]1. The van der Waals surface area contributed by atoms with Crippen LogP contribution >= 0.6 is 11.8 Å². The van der Waals surface area contributed by atoms with Crippen molar-refractivity contribution in [1.29, 1.82) is 5.26 Å². The number of aliphatic hydroxyl groups excluding tert-OH is 1. The van der Waals surface area contributed by atoms with Gasteiger partial charge in [0.15, 0.2) is 5.82 Å². The highest BCUT2D eigenvalue weighted by atomic mass is 32.2. The van der Waals surface area contributed by atoms with Gasteiger partial charge in [0.1, 0.15) is 23.2 Å². The Morgan fingerprint density at radius 3 is 2.76 bits per heavy atom. The van der Waals surface area contributed by atoms with Crippen LogP contribution in [0.2, 0.25) is 0 Å². The standard InChI is InChI=1S/C17H18N6OS/c1-10(2)15-20-17(22-21-15)25-9-14(24)11(8-18)16-19-12-6-4-5-7-13(12)23(16)3/h4-7,10,24H,9H2,1-3H3,(H,20,21,22). The van der Waals surface area contributed by atoms with Crippen LogP contribution in [-0.2, 0) is 7.05 Å². The number of H-pyrrole nitrogens is 1. The number of hydrogen-bond donors (Lipinski definition) is 2. The van der Waals surface area contributed by atoms with Crippen LogP contribution in [0, 0.1) is 11.3 Å². The molecule has 2 N–H and O–H groups in total. The van der Waals surface area contributed by atoms with E-state index in [0.717, 1.165) is 16.9 Å². The Labute approximate surface area is 149 Å². The number of fused-ring (bicyclic) bond motifs is 1. The summed E-state index contributed by atoms with van der Waals surface area (Å²) >= 11 is 1.27. The molecular formula is C17H18N6OS. The van der Waals surface area contributed by atoms with Crippen molar-refractivity contribution < 1.29 is 5.11 Å². The van der Waals surface area contributed by atoms with Gasteiger partial charge in [-0.1, -0.05) is 37.7 Å². The van der Waals surface area contributed by atoms with Gasteiger partial charge in [-0.05, 0) is 12.1 Å². The number of aryl methyl sites for hydroxylation is 1. The molecule has 128 valence electrons. The molecule has 1 aromatic carbocycles. The molecular weight excluding hydrogens is 336 g/mol. The molecule has 2 aromatic heterocycles. The molecule has 8 heteroatoms. The van der Waals surface area contributed by atoms with Gasteiger partial charge in [0.2, 0.25) is 5.16 Å². The summed E-state index contributed by atoms with van der Waals surface area (Å²) in [4.78, 5) is 8.81. The first-order valence-corrected chi connectivity index (χ1v) is 8.79. The third-order valence-electron chi connectivity index (χ3n) is 3.78. The number of para-hydroxylation sites is 2. The summed E-state index contributed by atoms with van der Waals surface area (Å²) < 4.78 is 1.80. The molecule has 0 bridgehead atoms. The Kier molecular flexibility index (Phi) is 4.76. The van der Waals surface area contributed by atoms with Crippen molar-refractivity contribution in [3.8, 4) is 6.07 Å². The summed E-state index contributed by atoms with van der Waals surface area (Å²) in [6, 6.07) is 9.66. The van der Waals surface area contributed by atoms with Gasteiger partial charge in [-0.25, -0.2) is 9.97 Å². The number of nitriles is 1. The van der Waals surface area contributed by atoms with E-state index in [0.29, 0.717) is 11.0 Å². The molecule has 3 rings (SSSR count). The maximum atomic E-state index is 10.4. The van der Waals surface area contributed by atoms with E-state index >= 15 is 0 Å². The number of nitrogens with one attached hydrogen (secondary N) is 1. The molecule has 0 saturated carbocycles. The number of rotatable bonds is 5. The molecule has 0 aliphatic rings. The van der Waals surface area contributed by atoms with Crippen molar-refractivity contribution >= 4 is 28.4 Å². The van der Waals surface area contributed by atoms with Crippen LogP contribution in [0.1, 0.15) is 31.4 Å². The summed E-state index contributed by atoms with van der Waals surface area (Å²) in [7, 11) is 1.83. The Morgan fingerprint density at radius 2 is 2.12 bits per heavy atom. The number of benzene rings is 1. The lowest BCUT2D eigenvalue weighted by molar-refractivity contribution is 0.420. The minimum atomic E-state index is -0.0400. The van der Waals surface area contributed by atoms with Gasteiger partial charge in [-0.2, -0.15) is 5.26 Å². The highest BCUT2D eigenvalue weighted by Gasteiger charge is 2.17. The first-order chi connectivity index (χ1) is 12.0. The second kappa shape index (κ2) is 6.99. The van der Waals surface area contributed by atoms with Gasteiger partial charge >= 0.3 is 0 Å². The first-order valence-electron chi connectivity index (χ1n) is 7.80. The minimum Gasteiger partial charge on any atom is -0.510 e. The highest BCUT2D eigenvalue weighted by Crippen LogP contribution is 2.25. The molecule has 25 heavy (non-hydrogen) atoms. The van der Waals surface area contributed by atoms with Crippen molar-refractivity contribution in [2.75, 3.05) is 5.75 Å². The van der Waals surface area contributed by atoms with Gasteiger partial charge in [0.05, 0.1) is 16.8 Å². The van der Waals surface area contributed by atoms with Crippen LogP contribution in [0.4, 0.5) is 0 Å². The number of hydrogen-bond acceptors (Lipinski definition) is 6. The van der Waals surface area contributed by atoms with Crippen LogP contribution in [-0.4, -0.2) is 35.6 Å². The number of nitrogens with zero attached hydrogens (tertiary/aromatic N) is 5. The molecule has 0 aliphatic carbocycles. The number of allylic oxidation sites excluding steroid dienone is 1. The van der Waals surface area contributed by atoms with Gasteiger partial charge in [0.25, 0.3) is 0 Å². The van der Waals surface area contributed by atoms with Crippen LogP contribution in [0.15, 0.2) is 35.2 Å². The Balaban J connectivity index is 1.86. The molecule has 0 atom stereocenters.